The fourth-order valence-corrected chi connectivity index (χ4v) is 2.57. The van der Waals surface area contributed by atoms with Gasteiger partial charge in [-0.05, 0) is 17.7 Å². The number of nitrogens with zero attached hydrogens (tertiary/aromatic N) is 3. The number of nitriles is 1. The van der Waals surface area contributed by atoms with Gasteiger partial charge in [-0.1, -0.05) is 12.2 Å². The van der Waals surface area contributed by atoms with Gasteiger partial charge in [0.15, 0.2) is 11.8 Å². The lowest BCUT2D eigenvalue weighted by Gasteiger charge is -2.36. The summed E-state index contributed by atoms with van der Waals surface area (Å²) in [6.07, 6.45) is 0.0310. The number of benzene rings is 1. The average Bonchev–Trinajstić information content (AvgIpc) is 2.54. The number of hydrogen-bond donors (Lipinski definition) is 2. The van der Waals surface area contributed by atoms with E-state index in [9.17, 15) is 33.5 Å². The van der Waals surface area contributed by atoms with E-state index in [-0.39, 0.29) is 5.56 Å². The summed E-state index contributed by atoms with van der Waals surface area (Å²) in [5.41, 5.74) is -3.42. The molecule has 7 nitrogen and oxygen atoms in total. The van der Waals surface area contributed by atoms with Crippen LogP contribution in [0.25, 0.3) is 0 Å². The van der Waals surface area contributed by atoms with Crippen LogP contribution in [0.15, 0.2) is 41.4 Å². The Morgan fingerprint density at radius 2 is 2.08 bits per heavy atom. The second-order valence-corrected chi connectivity index (χ2v) is 5.12. The Balaban J connectivity index is 2.81. The number of phenolic OH excluding ortho intramolecular Hbond substituents is 2. The highest BCUT2D eigenvalue weighted by molar-refractivity contribution is 5.75. The second-order valence-electron chi connectivity index (χ2n) is 5.12. The Morgan fingerprint density at radius 3 is 2.64 bits per heavy atom. The minimum atomic E-state index is -4.84. The molecule has 130 valence electrons. The van der Waals surface area contributed by atoms with Crippen LogP contribution in [0.4, 0.5) is 18.9 Å². The van der Waals surface area contributed by atoms with E-state index in [1.165, 1.54) is 6.08 Å². The number of dihydropyridines is 1. The second kappa shape index (κ2) is 6.27. The predicted octanol–water partition coefficient (Wildman–Crippen LogP) is 2.90. The average molecular weight is 353 g/mol. The van der Waals surface area contributed by atoms with Gasteiger partial charge in [-0.25, -0.2) is 0 Å². The summed E-state index contributed by atoms with van der Waals surface area (Å²) in [5.74, 6) is -2.03. The van der Waals surface area contributed by atoms with Crippen molar-refractivity contribution < 1.29 is 28.3 Å². The normalized spacial score (nSPS) is 22.9. The van der Waals surface area contributed by atoms with Gasteiger partial charge in [-0.15, -0.1) is 0 Å². The van der Waals surface area contributed by atoms with Crippen LogP contribution >= 0.6 is 0 Å². The van der Waals surface area contributed by atoms with E-state index >= 15 is 0 Å². The monoisotopic (exact) mass is 353 g/mol. The van der Waals surface area contributed by atoms with Crippen molar-refractivity contribution in [3.05, 3.63) is 52.1 Å². The van der Waals surface area contributed by atoms with Crippen molar-refractivity contribution in [3.63, 3.8) is 0 Å². The lowest BCUT2D eigenvalue weighted by molar-refractivity contribution is -0.386. The molecule has 0 bridgehead atoms. The van der Waals surface area contributed by atoms with Crippen molar-refractivity contribution in [2.24, 2.45) is 4.99 Å². The summed E-state index contributed by atoms with van der Waals surface area (Å²) in [4.78, 5) is 13.4. The van der Waals surface area contributed by atoms with E-state index in [2.05, 4.69) is 4.99 Å². The molecule has 1 heterocycles. The van der Waals surface area contributed by atoms with Crippen LogP contribution < -0.4 is 0 Å². The molecule has 2 rings (SSSR count). The zero-order chi connectivity index (χ0) is 18.8. The molecule has 1 aliphatic rings. The van der Waals surface area contributed by atoms with Crippen molar-refractivity contribution in [2.75, 3.05) is 0 Å². The molecule has 0 aromatic heterocycles. The largest absolute Gasteiger partial charge is 0.504 e. The fraction of sp³-hybridized carbons (Fsp3) is 0.200. The molecule has 1 aromatic rings. The first-order valence-electron chi connectivity index (χ1n) is 6.69. The Hall–Kier alpha value is -3.35. The van der Waals surface area contributed by atoms with Gasteiger partial charge in [0.05, 0.1) is 16.4 Å². The van der Waals surface area contributed by atoms with E-state index in [1.54, 1.807) is 6.07 Å². The summed E-state index contributed by atoms with van der Waals surface area (Å²) >= 11 is 0. The summed E-state index contributed by atoms with van der Waals surface area (Å²) in [5, 5.41) is 39.0. The van der Waals surface area contributed by atoms with Gasteiger partial charge >= 0.3 is 11.9 Å². The van der Waals surface area contributed by atoms with Gasteiger partial charge in [0.1, 0.15) is 0 Å². The van der Waals surface area contributed by atoms with Crippen molar-refractivity contribution in [2.45, 2.75) is 17.6 Å². The Labute approximate surface area is 138 Å². The summed E-state index contributed by atoms with van der Waals surface area (Å²) in [6, 6.07) is 0.670. The van der Waals surface area contributed by atoms with Gasteiger partial charge in [0.25, 0.3) is 0 Å². The van der Waals surface area contributed by atoms with Gasteiger partial charge < -0.3 is 10.2 Å². The highest BCUT2D eigenvalue weighted by Crippen LogP contribution is 2.47. The first-order chi connectivity index (χ1) is 11.6. The predicted molar refractivity (Wildman–Crippen MR) is 80.3 cm³/mol. The third-order valence-electron chi connectivity index (χ3n) is 3.66. The van der Waals surface area contributed by atoms with Crippen molar-refractivity contribution in [1.29, 1.82) is 5.26 Å². The molecule has 0 fully saturated rings. The van der Waals surface area contributed by atoms with Gasteiger partial charge in [0.2, 0.25) is 5.75 Å². The maximum absolute atomic E-state index is 13.5. The van der Waals surface area contributed by atoms with Gasteiger partial charge in [-0.3, -0.25) is 15.1 Å². The lowest BCUT2D eigenvalue weighted by atomic mass is 9.72. The van der Waals surface area contributed by atoms with Crippen LogP contribution in [0.1, 0.15) is 5.56 Å². The van der Waals surface area contributed by atoms with Gasteiger partial charge in [0, 0.05) is 18.4 Å². The molecule has 0 amide bonds. The number of halogens is 3. The van der Waals surface area contributed by atoms with Crippen molar-refractivity contribution >= 4 is 11.9 Å². The number of rotatable bonds is 3. The third kappa shape index (κ3) is 3.16. The fourth-order valence-electron chi connectivity index (χ4n) is 2.57. The first-order valence-corrected chi connectivity index (χ1v) is 6.69. The van der Waals surface area contributed by atoms with E-state index in [4.69, 9.17) is 5.26 Å². The topological polar surface area (TPSA) is 120 Å². The van der Waals surface area contributed by atoms with E-state index in [0.717, 1.165) is 30.5 Å². The van der Waals surface area contributed by atoms with E-state index in [0.29, 0.717) is 6.07 Å². The smallest absolute Gasteiger partial charge is 0.412 e. The summed E-state index contributed by atoms with van der Waals surface area (Å²) in [6.45, 7) is 0. The van der Waals surface area contributed by atoms with Crippen LogP contribution in [-0.2, 0) is 5.41 Å². The molecule has 0 radical (unpaired) electrons. The SMILES string of the molecule is N#C/C=C\C1(c2cc(O)c(O)c([N+](=O)[O-])c2)C=CC=NC1C(F)(F)F. The molecule has 1 aliphatic heterocycles. The van der Waals surface area contributed by atoms with Crippen LogP contribution in [0.2, 0.25) is 0 Å². The Bertz CT molecular complexity index is 840. The maximum Gasteiger partial charge on any atom is 0.412 e. The highest BCUT2D eigenvalue weighted by atomic mass is 19.4. The number of nitro benzene ring substituents is 1. The zero-order valence-corrected chi connectivity index (χ0v) is 12.3. The minimum absolute atomic E-state index is 0.351. The van der Waals surface area contributed by atoms with Gasteiger partial charge in [-0.2, -0.15) is 18.4 Å². The molecule has 0 saturated heterocycles. The summed E-state index contributed by atoms with van der Waals surface area (Å²) in [7, 11) is 0. The number of aliphatic imine (C=N–C) groups is 1. The molecule has 2 N–H and O–H groups in total. The van der Waals surface area contributed by atoms with Crippen LogP contribution in [0.5, 0.6) is 11.5 Å². The standard InChI is InChI=1S/C15H10F3N3O4/c16-15(17,18)13-14(3-1-5-19,4-2-6-20-13)9-7-10(21(24)25)12(23)11(22)8-9/h1-4,6-8,13,22-23H/b3-1-. The molecule has 0 aliphatic carbocycles. The first kappa shape index (κ1) is 18.0. The van der Waals surface area contributed by atoms with Crippen LogP contribution in [0, 0.1) is 21.4 Å². The molecular formula is C15H10F3N3O4. The van der Waals surface area contributed by atoms with E-state index < -0.39 is 39.7 Å². The molecule has 25 heavy (non-hydrogen) atoms. The number of allylic oxidation sites excluding steroid dienone is 2. The Kier molecular flexibility index (Phi) is 4.52. The molecule has 2 atom stereocenters. The minimum Gasteiger partial charge on any atom is -0.504 e. The number of nitro groups is 1. The van der Waals surface area contributed by atoms with Crippen molar-refractivity contribution in [3.8, 4) is 17.6 Å². The number of alkyl halides is 3. The molecular weight excluding hydrogens is 343 g/mol. The number of hydrogen-bond acceptors (Lipinski definition) is 6. The quantitative estimate of drug-likeness (QED) is 0.375. The Morgan fingerprint density at radius 1 is 1.40 bits per heavy atom. The zero-order valence-electron chi connectivity index (χ0n) is 12.3. The molecule has 2 unspecified atom stereocenters. The highest BCUT2D eigenvalue weighted by Gasteiger charge is 2.53. The molecule has 0 spiro atoms. The molecule has 10 heteroatoms. The molecule has 1 aromatic carbocycles. The third-order valence-corrected chi connectivity index (χ3v) is 3.66. The number of phenols is 2. The maximum atomic E-state index is 13.5. The van der Waals surface area contributed by atoms with Crippen molar-refractivity contribution in [1.82, 2.24) is 0 Å². The molecule has 0 saturated carbocycles. The van der Waals surface area contributed by atoms with E-state index in [1.807, 2.05) is 0 Å². The van der Waals surface area contributed by atoms with Crippen LogP contribution in [0.3, 0.4) is 0 Å². The lowest BCUT2D eigenvalue weighted by Crippen LogP contribution is -2.46. The number of aromatic hydroxyl groups is 2. The summed E-state index contributed by atoms with van der Waals surface area (Å²) < 4.78 is 40.4. The van der Waals surface area contributed by atoms with Crippen LogP contribution in [-0.4, -0.2) is 33.6 Å².